The van der Waals surface area contributed by atoms with Crippen LogP contribution in [0.25, 0.3) is 0 Å². The van der Waals surface area contributed by atoms with Crippen LogP contribution in [0.4, 0.5) is 15.6 Å². The molecule has 2 aromatic rings. The lowest BCUT2D eigenvalue weighted by atomic mass is 9.96. The number of aromatic nitrogens is 1. The van der Waals surface area contributed by atoms with Crippen molar-refractivity contribution in [3.63, 3.8) is 0 Å². The Morgan fingerprint density at radius 1 is 1.19 bits per heavy atom. The van der Waals surface area contributed by atoms with Crippen LogP contribution >= 0.6 is 23.1 Å². The standard InChI is InChI=1S/C19H24N4O2S2/c1-26-16-10-6-5-9-15(16)22-17(24)11-14-12-27-19(21-14)23-18(25)20-13-7-3-2-4-8-13/h5-6,9-10,12-13H,2-4,7-8,11H2,1H3,(H,22,24)(H2,20,21,23,25). The Bertz CT molecular complexity index is 788. The molecule has 6 nitrogen and oxygen atoms in total. The molecule has 144 valence electrons. The molecule has 1 aromatic carbocycles. The van der Waals surface area contributed by atoms with E-state index in [-0.39, 0.29) is 24.4 Å². The largest absolute Gasteiger partial charge is 0.335 e. The van der Waals surface area contributed by atoms with E-state index in [4.69, 9.17) is 0 Å². The number of carbonyl (C=O) groups is 2. The number of rotatable bonds is 6. The second-order valence-electron chi connectivity index (χ2n) is 6.50. The van der Waals surface area contributed by atoms with Gasteiger partial charge in [0.15, 0.2) is 5.13 Å². The molecule has 0 bridgehead atoms. The Morgan fingerprint density at radius 2 is 1.96 bits per heavy atom. The summed E-state index contributed by atoms with van der Waals surface area (Å²) in [5.74, 6) is -0.125. The maximum absolute atomic E-state index is 12.3. The monoisotopic (exact) mass is 404 g/mol. The van der Waals surface area contributed by atoms with Gasteiger partial charge in [-0.25, -0.2) is 9.78 Å². The van der Waals surface area contributed by atoms with E-state index in [1.807, 2.05) is 30.5 Å². The highest BCUT2D eigenvalue weighted by atomic mass is 32.2. The summed E-state index contributed by atoms with van der Waals surface area (Å²) in [6.07, 6.45) is 7.80. The van der Waals surface area contributed by atoms with Crippen molar-refractivity contribution in [3.8, 4) is 0 Å². The number of nitrogens with one attached hydrogen (secondary N) is 3. The average Bonchev–Trinajstić information content (AvgIpc) is 3.09. The van der Waals surface area contributed by atoms with Gasteiger partial charge in [-0.15, -0.1) is 23.1 Å². The highest BCUT2D eigenvalue weighted by molar-refractivity contribution is 7.98. The van der Waals surface area contributed by atoms with Gasteiger partial charge in [-0.05, 0) is 31.2 Å². The van der Waals surface area contributed by atoms with Crippen molar-refractivity contribution in [3.05, 3.63) is 35.3 Å². The number of anilines is 2. The lowest BCUT2D eigenvalue weighted by molar-refractivity contribution is -0.115. The van der Waals surface area contributed by atoms with Crippen molar-refractivity contribution < 1.29 is 9.59 Å². The molecule has 0 atom stereocenters. The van der Waals surface area contributed by atoms with Crippen LogP contribution in [0.2, 0.25) is 0 Å². The normalized spacial score (nSPS) is 14.6. The van der Waals surface area contributed by atoms with Crippen molar-refractivity contribution in [2.24, 2.45) is 0 Å². The Hall–Kier alpha value is -2.06. The van der Waals surface area contributed by atoms with Crippen molar-refractivity contribution in [2.45, 2.75) is 49.5 Å². The van der Waals surface area contributed by atoms with Crippen LogP contribution in [0.3, 0.4) is 0 Å². The zero-order chi connectivity index (χ0) is 19.1. The molecular weight excluding hydrogens is 380 g/mol. The van der Waals surface area contributed by atoms with E-state index in [2.05, 4.69) is 20.9 Å². The molecule has 3 amide bonds. The summed E-state index contributed by atoms with van der Waals surface area (Å²) in [6, 6.07) is 7.72. The molecule has 1 aromatic heterocycles. The lowest BCUT2D eigenvalue weighted by Gasteiger charge is -2.22. The molecular formula is C19H24N4O2S2. The van der Waals surface area contributed by atoms with E-state index in [9.17, 15) is 9.59 Å². The van der Waals surface area contributed by atoms with Gasteiger partial charge in [0, 0.05) is 16.3 Å². The number of benzene rings is 1. The van der Waals surface area contributed by atoms with Crippen LogP contribution in [-0.4, -0.2) is 29.2 Å². The van der Waals surface area contributed by atoms with Crippen molar-refractivity contribution in [1.29, 1.82) is 0 Å². The number of amides is 3. The molecule has 8 heteroatoms. The molecule has 1 saturated carbocycles. The molecule has 1 heterocycles. The molecule has 0 unspecified atom stereocenters. The van der Waals surface area contributed by atoms with Crippen LogP contribution < -0.4 is 16.0 Å². The van der Waals surface area contributed by atoms with Crippen molar-refractivity contribution in [1.82, 2.24) is 10.3 Å². The first-order valence-electron chi connectivity index (χ1n) is 9.09. The van der Waals surface area contributed by atoms with Gasteiger partial charge in [-0.3, -0.25) is 10.1 Å². The molecule has 3 N–H and O–H groups in total. The summed E-state index contributed by atoms with van der Waals surface area (Å²) in [5.41, 5.74) is 1.45. The van der Waals surface area contributed by atoms with Crippen molar-refractivity contribution in [2.75, 3.05) is 16.9 Å². The number of thiazole rings is 1. The summed E-state index contributed by atoms with van der Waals surface area (Å²) < 4.78 is 0. The molecule has 0 spiro atoms. The van der Waals surface area contributed by atoms with E-state index < -0.39 is 0 Å². The van der Waals surface area contributed by atoms with Gasteiger partial charge in [0.25, 0.3) is 0 Å². The molecule has 27 heavy (non-hydrogen) atoms. The predicted octanol–water partition coefficient (Wildman–Crippen LogP) is 4.50. The van der Waals surface area contributed by atoms with Crippen LogP contribution in [-0.2, 0) is 11.2 Å². The maximum Gasteiger partial charge on any atom is 0.321 e. The van der Waals surface area contributed by atoms with Gasteiger partial charge in [-0.1, -0.05) is 31.4 Å². The zero-order valence-corrected chi connectivity index (χ0v) is 16.9. The quantitative estimate of drug-likeness (QED) is 0.619. The average molecular weight is 405 g/mol. The molecule has 0 aliphatic heterocycles. The Morgan fingerprint density at radius 3 is 2.74 bits per heavy atom. The van der Waals surface area contributed by atoms with E-state index in [0.29, 0.717) is 10.8 Å². The number of nitrogens with zero attached hydrogens (tertiary/aromatic N) is 1. The lowest BCUT2D eigenvalue weighted by Crippen LogP contribution is -2.39. The highest BCUT2D eigenvalue weighted by Gasteiger charge is 2.16. The van der Waals surface area contributed by atoms with Crippen LogP contribution in [0, 0.1) is 0 Å². The van der Waals surface area contributed by atoms with E-state index >= 15 is 0 Å². The number of urea groups is 1. The number of hydrogen-bond acceptors (Lipinski definition) is 5. The summed E-state index contributed by atoms with van der Waals surface area (Å²) in [6.45, 7) is 0. The molecule has 0 saturated heterocycles. The number of hydrogen-bond donors (Lipinski definition) is 3. The third-order valence-corrected chi connectivity index (χ3v) is 6.04. The molecule has 3 rings (SSSR count). The Balaban J connectivity index is 1.49. The minimum Gasteiger partial charge on any atom is -0.335 e. The summed E-state index contributed by atoms with van der Waals surface area (Å²) in [5, 5.41) is 11.0. The minimum atomic E-state index is -0.221. The van der Waals surface area contributed by atoms with Gasteiger partial charge < -0.3 is 10.6 Å². The summed E-state index contributed by atoms with van der Waals surface area (Å²) in [7, 11) is 0. The van der Waals surface area contributed by atoms with E-state index in [1.165, 1.54) is 30.6 Å². The van der Waals surface area contributed by atoms with Crippen LogP contribution in [0.1, 0.15) is 37.8 Å². The van der Waals surface area contributed by atoms with Gasteiger partial charge in [0.2, 0.25) is 5.91 Å². The fraction of sp³-hybridized carbons (Fsp3) is 0.421. The van der Waals surface area contributed by atoms with Gasteiger partial charge >= 0.3 is 6.03 Å². The Kier molecular flexibility index (Phi) is 7.11. The van der Waals surface area contributed by atoms with Crippen LogP contribution in [0.15, 0.2) is 34.5 Å². The zero-order valence-electron chi connectivity index (χ0n) is 15.3. The number of carbonyl (C=O) groups excluding carboxylic acids is 2. The van der Waals surface area contributed by atoms with Gasteiger partial charge in [0.1, 0.15) is 0 Å². The maximum atomic E-state index is 12.3. The number of thioether (sulfide) groups is 1. The SMILES string of the molecule is CSc1ccccc1NC(=O)Cc1csc(NC(=O)NC2CCCCC2)n1. The van der Waals surface area contributed by atoms with Gasteiger partial charge in [0.05, 0.1) is 17.8 Å². The van der Waals surface area contributed by atoms with Crippen LogP contribution in [0.5, 0.6) is 0 Å². The number of para-hydroxylation sites is 1. The third-order valence-electron chi connectivity index (χ3n) is 4.44. The topological polar surface area (TPSA) is 83.1 Å². The van der Waals surface area contributed by atoms with Gasteiger partial charge in [-0.2, -0.15) is 0 Å². The summed E-state index contributed by atoms with van der Waals surface area (Å²) in [4.78, 5) is 29.7. The molecule has 1 aliphatic carbocycles. The summed E-state index contributed by atoms with van der Waals surface area (Å²) >= 11 is 2.91. The first-order valence-corrected chi connectivity index (χ1v) is 11.2. The highest BCUT2D eigenvalue weighted by Crippen LogP contribution is 2.25. The predicted molar refractivity (Wildman–Crippen MR) is 112 cm³/mol. The first-order chi connectivity index (χ1) is 13.1. The molecule has 0 radical (unpaired) electrons. The molecule has 1 fully saturated rings. The second kappa shape index (κ2) is 9.75. The third kappa shape index (κ3) is 5.97. The fourth-order valence-corrected chi connectivity index (χ4v) is 4.38. The Labute approximate surface area is 167 Å². The molecule has 1 aliphatic rings. The smallest absolute Gasteiger partial charge is 0.321 e. The second-order valence-corrected chi connectivity index (χ2v) is 8.21. The first kappa shape index (κ1) is 19.7. The minimum absolute atomic E-state index is 0.125. The van der Waals surface area contributed by atoms with E-state index in [1.54, 1.807) is 17.1 Å². The van der Waals surface area contributed by atoms with E-state index in [0.717, 1.165) is 23.4 Å². The van der Waals surface area contributed by atoms with Crippen molar-refractivity contribution >= 4 is 45.9 Å². The fourth-order valence-electron chi connectivity index (χ4n) is 3.12.